The third-order valence-corrected chi connectivity index (χ3v) is 7.81. The number of hydrogen-bond donors (Lipinski definition) is 3. The molecule has 10 nitrogen and oxygen atoms in total. The van der Waals surface area contributed by atoms with Crippen molar-refractivity contribution in [1.82, 2.24) is 0 Å². The molecule has 0 saturated carbocycles. The first-order valence-corrected chi connectivity index (χ1v) is 14.4. The minimum atomic E-state index is -0.921. The van der Waals surface area contributed by atoms with Crippen molar-refractivity contribution in [2.45, 2.75) is 18.3 Å². The molecule has 0 saturated heterocycles. The Morgan fingerprint density at radius 1 is 0.756 bits per heavy atom. The van der Waals surface area contributed by atoms with Gasteiger partial charge in [-0.1, -0.05) is 59.8 Å². The van der Waals surface area contributed by atoms with Gasteiger partial charge in [0.15, 0.2) is 12.0 Å². The maximum atomic E-state index is 13.5. The fourth-order valence-corrected chi connectivity index (χ4v) is 5.84. The SMILES string of the molecule is O=C/C(=N\OC(=O)N(c1ccccc1)c1ccccc1)C(=O)c1ccc2c(c1)-c1cc(OCCO)ccc1C2(CCO)CCO. The smallest absolute Gasteiger partial charge is 0.445 e. The van der Waals surface area contributed by atoms with Crippen molar-refractivity contribution in [3.05, 3.63) is 114 Å². The lowest BCUT2D eigenvalue weighted by atomic mass is 9.73. The van der Waals surface area contributed by atoms with Gasteiger partial charge in [0.1, 0.15) is 12.4 Å². The summed E-state index contributed by atoms with van der Waals surface area (Å²) in [5, 5.41) is 32.8. The molecule has 0 atom stereocenters. The summed E-state index contributed by atoms with van der Waals surface area (Å²) in [4.78, 5) is 45.2. The normalized spacial score (nSPS) is 13.0. The van der Waals surface area contributed by atoms with Crippen LogP contribution in [-0.2, 0) is 15.0 Å². The van der Waals surface area contributed by atoms with Gasteiger partial charge >= 0.3 is 6.09 Å². The average molecular weight is 609 g/mol. The van der Waals surface area contributed by atoms with Crippen LogP contribution in [0.5, 0.6) is 5.75 Å². The summed E-state index contributed by atoms with van der Waals surface area (Å²) < 4.78 is 5.62. The zero-order chi connectivity index (χ0) is 31.8. The lowest BCUT2D eigenvalue weighted by molar-refractivity contribution is -0.102. The third kappa shape index (κ3) is 6.25. The minimum absolute atomic E-state index is 0.0897. The molecule has 0 aliphatic heterocycles. The summed E-state index contributed by atoms with van der Waals surface area (Å²) in [6, 6.07) is 27.8. The maximum absolute atomic E-state index is 13.5. The second kappa shape index (κ2) is 14.1. The summed E-state index contributed by atoms with van der Waals surface area (Å²) in [5.74, 6) is -0.264. The molecule has 1 aliphatic carbocycles. The van der Waals surface area contributed by atoms with Crippen LogP contribution in [0.2, 0.25) is 0 Å². The van der Waals surface area contributed by atoms with Gasteiger partial charge in [-0.2, -0.15) is 0 Å². The minimum Gasteiger partial charge on any atom is -0.491 e. The first-order chi connectivity index (χ1) is 22.0. The summed E-state index contributed by atoms with van der Waals surface area (Å²) in [6.45, 7) is -0.359. The van der Waals surface area contributed by atoms with E-state index in [-0.39, 0.29) is 38.3 Å². The van der Waals surface area contributed by atoms with Gasteiger partial charge in [0.05, 0.1) is 18.0 Å². The van der Waals surface area contributed by atoms with E-state index in [1.54, 1.807) is 91.0 Å². The van der Waals surface area contributed by atoms with E-state index in [0.717, 1.165) is 16.7 Å². The van der Waals surface area contributed by atoms with Crippen LogP contribution in [0.25, 0.3) is 11.1 Å². The molecular weight excluding hydrogens is 576 g/mol. The Hall–Kier alpha value is -5.16. The number of aldehydes is 1. The lowest BCUT2D eigenvalue weighted by Crippen LogP contribution is -2.28. The van der Waals surface area contributed by atoms with Crippen LogP contribution in [0.4, 0.5) is 16.2 Å². The number of benzene rings is 4. The van der Waals surface area contributed by atoms with Crippen molar-refractivity contribution in [3.8, 4) is 16.9 Å². The molecular formula is C35H32N2O8. The Morgan fingerprint density at radius 3 is 1.89 bits per heavy atom. The molecule has 4 aromatic carbocycles. The molecule has 0 radical (unpaired) electrons. The molecule has 1 aliphatic rings. The number of Topliss-reactive ketones (excluding diaryl/α,β-unsaturated/α-hetero) is 1. The summed E-state index contributed by atoms with van der Waals surface area (Å²) in [5.41, 5.74) is 2.82. The highest BCUT2D eigenvalue weighted by molar-refractivity contribution is 6.63. The van der Waals surface area contributed by atoms with Crippen molar-refractivity contribution in [2.24, 2.45) is 5.16 Å². The predicted molar refractivity (Wildman–Crippen MR) is 168 cm³/mol. The lowest BCUT2D eigenvalue weighted by Gasteiger charge is -2.31. The van der Waals surface area contributed by atoms with Crippen LogP contribution in [0.15, 0.2) is 102 Å². The number of oxime groups is 1. The monoisotopic (exact) mass is 608 g/mol. The molecule has 45 heavy (non-hydrogen) atoms. The molecule has 0 spiro atoms. The van der Waals surface area contributed by atoms with E-state index in [2.05, 4.69) is 5.16 Å². The Bertz CT molecular complexity index is 1660. The number of aliphatic hydroxyl groups is 3. The number of carbonyl (C=O) groups excluding carboxylic acids is 3. The van der Waals surface area contributed by atoms with Gasteiger partial charge in [0.2, 0.25) is 5.78 Å². The van der Waals surface area contributed by atoms with Crippen LogP contribution in [0, 0.1) is 0 Å². The molecule has 0 bridgehead atoms. The summed E-state index contributed by atoms with van der Waals surface area (Å²) >= 11 is 0. The van der Waals surface area contributed by atoms with Crippen molar-refractivity contribution >= 4 is 35.2 Å². The van der Waals surface area contributed by atoms with Crippen LogP contribution >= 0.6 is 0 Å². The number of rotatable bonds is 13. The highest BCUT2D eigenvalue weighted by Crippen LogP contribution is 2.53. The van der Waals surface area contributed by atoms with Gasteiger partial charge in [-0.25, -0.2) is 9.69 Å². The second-order valence-corrected chi connectivity index (χ2v) is 10.4. The first-order valence-electron chi connectivity index (χ1n) is 14.4. The molecule has 5 rings (SSSR count). The van der Waals surface area contributed by atoms with E-state index in [9.17, 15) is 29.7 Å². The Kier molecular flexibility index (Phi) is 9.79. The van der Waals surface area contributed by atoms with Crippen molar-refractivity contribution in [2.75, 3.05) is 31.3 Å². The number of para-hydroxylation sites is 2. The molecule has 3 N–H and O–H groups in total. The van der Waals surface area contributed by atoms with Gasteiger partial charge in [0, 0.05) is 24.2 Å². The van der Waals surface area contributed by atoms with E-state index in [1.807, 2.05) is 6.07 Å². The largest absolute Gasteiger partial charge is 0.491 e. The Balaban J connectivity index is 1.49. The van der Waals surface area contributed by atoms with E-state index in [4.69, 9.17) is 9.57 Å². The highest BCUT2D eigenvalue weighted by Gasteiger charge is 2.43. The van der Waals surface area contributed by atoms with Gasteiger partial charge in [-0.05, 0) is 77.6 Å². The second-order valence-electron chi connectivity index (χ2n) is 10.4. The number of anilines is 2. The molecule has 0 fully saturated rings. The number of nitrogens with zero attached hydrogens (tertiary/aromatic N) is 2. The number of carbonyl (C=O) groups is 3. The molecule has 10 heteroatoms. The van der Waals surface area contributed by atoms with Gasteiger partial charge in [-0.3, -0.25) is 14.4 Å². The standard InChI is InChI=1S/C35H32N2O8/c38-17-15-35(16-18-39)30-13-11-24(21-28(30)29-22-27(44-20-19-40)12-14-31(29)35)33(42)32(23-41)36-45-34(43)37(25-7-3-1-4-8-25)26-9-5-2-6-10-26/h1-14,21-23,38-40H,15-20H2/b36-32+. The topological polar surface area (TPSA) is 146 Å². The number of hydrogen-bond acceptors (Lipinski definition) is 9. The zero-order valence-electron chi connectivity index (χ0n) is 24.3. The van der Waals surface area contributed by atoms with Crippen LogP contribution < -0.4 is 9.64 Å². The average Bonchev–Trinajstić information content (AvgIpc) is 3.33. The van der Waals surface area contributed by atoms with Crippen molar-refractivity contribution < 1.29 is 39.3 Å². The van der Waals surface area contributed by atoms with Gasteiger partial charge in [0.25, 0.3) is 0 Å². The quantitative estimate of drug-likeness (QED) is 0.0490. The zero-order valence-corrected chi connectivity index (χ0v) is 24.3. The molecule has 0 aromatic heterocycles. The number of ether oxygens (including phenoxy) is 1. The summed E-state index contributed by atoms with van der Waals surface area (Å²) in [7, 11) is 0. The first kappa shape index (κ1) is 31.3. The summed E-state index contributed by atoms with van der Waals surface area (Å²) in [6.07, 6.45) is -0.0349. The predicted octanol–water partition coefficient (Wildman–Crippen LogP) is 4.80. The molecule has 230 valence electrons. The van der Waals surface area contributed by atoms with Crippen LogP contribution in [0.3, 0.4) is 0 Å². The molecule has 4 aromatic rings. The van der Waals surface area contributed by atoms with Crippen LogP contribution in [0.1, 0.15) is 34.3 Å². The van der Waals surface area contributed by atoms with Gasteiger partial charge < -0.3 is 20.1 Å². The van der Waals surface area contributed by atoms with E-state index < -0.39 is 23.0 Å². The Labute approximate surface area is 259 Å². The van der Waals surface area contributed by atoms with E-state index >= 15 is 0 Å². The Morgan fingerprint density at radius 2 is 1.33 bits per heavy atom. The van der Waals surface area contributed by atoms with E-state index in [1.165, 1.54) is 4.90 Å². The van der Waals surface area contributed by atoms with E-state index in [0.29, 0.717) is 35.5 Å². The fourth-order valence-electron chi connectivity index (χ4n) is 5.84. The fraction of sp³-hybridized carbons (Fsp3) is 0.200. The molecule has 1 amide bonds. The van der Waals surface area contributed by atoms with Crippen LogP contribution in [-0.4, -0.2) is 65.6 Å². The van der Waals surface area contributed by atoms with Crippen molar-refractivity contribution in [3.63, 3.8) is 0 Å². The number of aliphatic hydroxyl groups excluding tert-OH is 3. The molecule has 0 unspecified atom stereocenters. The van der Waals surface area contributed by atoms with Crippen molar-refractivity contribution in [1.29, 1.82) is 0 Å². The third-order valence-electron chi connectivity index (χ3n) is 7.81. The van der Waals surface area contributed by atoms with Gasteiger partial charge in [-0.15, -0.1) is 0 Å². The molecule has 0 heterocycles. The number of ketones is 1. The highest BCUT2D eigenvalue weighted by atomic mass is 16.7. The maximum Gasteiger partial charge on any atom is 0.445 e. The number of amides is 1. The number of fused-ring (bicyclic) bond motifs is 3.